The van der Waals surface area contributed by atoms with E-state index in [-0.39, 0.29) is 11.5 Å². The van der Waals surface area contributed by atoms with Crippen molar-refractivity contribution in [2.24, 2.45) is 10.4 Å². The Morgan fingerprint density at radius 3 is 1.71 bits per heavy atom. The van der Waals surface area contributed by atoms with Crippen LogP contribution in [0.1, 0.15) is 25.5 Å². The Hall–Kier alpha value is -5.15. The number of hydrogen-bond donors (Lipinski definition) is 1. The molecule has 0 spiro atoms. The average Bonchev–Trinajstić information content (AvgIpc) is 3.55. The number of aliphatic imine (C=N–C) groups is 1. The van der Waals surface area contributed by atoms with Crippen molar-refractivity contribution in [2.75, 3.05) is 0 Å². The van der Waals surface area contributed by atoms with Gasteiger partial charge in [0.1, 0.15) is 6.04 Å². The molecule has 0 saturated carbocycles. The predicted octanol–water partition coefficient (Wildman–Crippen LogP) is 9.53. The Kier molecular flexibility index (Phi) is 5.55. The van der Waals surface area contributed by atoms with Gasteiger partial charge in [0.25, 0.3) is 0 Å². The zero-order valence-electron chi connectivity index (χ0n) is 23.8. The predicted molar refractivity (Wildman–Crippen MR) is 175 cm³/mol. The highest BCUT2D eigenvalue weighted by Gasteiger charge is 2.38. The number of benzene rings is 5. The van der Waals surface area contributed by atoms with Crippen LogP contribution >= 0.6 is 0 Å². The van der Waals surface area contributed by atoms with E-state index < -0.39 is 0 Å². The standard InChI is InChI=1S/C39H31N3/c1-39(2)22-21-33-36(39)37(41-38(40-33)42-34-19-11-9-17-31(34)32-18-10-12-20-35(32)42)30-24-28(26-13-5-3-6-14-26)23-29(25-30)27-15-7-4-8-16-27/h3-25,37H,1-2H3,(H,40,41). The van der Waals surface area contributed by atoms with Gasteiger partial charge < -0.3 is 5.32 Å². The van der Waals surface area contributed by atoms with Gasteiger partial charge in [-0.3, -0.25) is 4.57 Å². The molecule has 42 heavy (non-hydrogen) atoms. The Labute approximate surface area is 246 Å². The van der Waals surface area contributed by atoms with Crippen molar-refractivity contribution >= 4 is 27.8 Å². The van der Waals surface area contributed by atoms with Crippen LogP contribution in [-0.2, 0) is 0 Å². The molecule has 0 fully saturated rings. The van der Waals surface area contributed by atoms with Gasteiger partial charge in [-0.2, -0.15) is 0 Å². The number of nitrogens with zero attached hydrogens (tertiary/aromatic N) is 2. The Morgan fingerprint density at radius 2 is 1.14 bits per heavy atom. The normalized spacial score (nSPS) is 17.4. The monoisotopic (exact) mass is 541 g/mol. The largest absolute Gasteiger partial charge is 0.326 e. The molecular formula is C39H31N3. The van der Waals surface area contributed by atoms with Crippen LogP contribution in [0.2, 0.25) is 0 Å². The van der Waals surface area contributed by atoms with Crippen LogP contribution in [0.15, 0.2) is 156 Å². The molecule has 0 saturated heterocycles. The number of fused-ring (bicyclic) bond motifs is 3. The number of hydrogen-bond acceptors (Lipinski definition) is 2. The van der Waals surface area contributed by atoms with E-state index in [1.165, 1.54) is 44.2 Å². The smallest absolute Gasteiger partial charge is 0.208 e. The second kappa shape index (κ2) is 9.46. The molecule has 0 amide bonds. The number of nitrogens with one attached hydrogen (secondary N) is 1. The van der Waals surface area contributed by atoms with Gasteiger partial charge >= 0.3 is 0 Å². The molecule has 202 valence electrons. The molecule has 1 aliphatic carbocycles. The van der Waals surface area contributed by atoms with Crippen molar-refractivity contribution in [3.63, 3.8) is 0 Å². The molecule has 1 aliphatic heterocycles. The summed E-state index contributed by atoms with van der Waals surface area (Å²) in [6.45, 7) is 4.58. The molecule has 0 bridgehead atoms. The first kappa shape index (κ1) is 24.6. The molecule has 6 aromatic rings. The van der Waals surface area contributed by atoms with Gasteiger partial charge in [0.15, 0.2) is 0 Å². The maximum absolute atomic E-state index is 5.57. The lowest BCUT2D eigenvalue weighted by molar-refractivity contribution is 0.527. The van der Waals surface area contributed by atoms with Gasteiger partial charge in [-0.1, -0.05) is 117 Å². The summed E-state index contributed by atoms with van der Waals surface area (Å²) in [5, 5.41) is 6.22. The van der Waals surface area contributed by atoms with E-state index in [1.54, 1.807) is 0 Å². The molecule has 1 atom stereocenters. The summed E-state index contributed by atoms with van der Waals surface area (Å²) in [7, 11) is 0. The second-order valence-electron chi connectivity index (χ2n) is 11.8. The lowest BCUT2D eigenvalue weighted by Crippen LogP contribution is -2.35. The zero-order chi connectivity index (χ0) is 28.3. The van der Waals surface area contributed by atoms with Crippen molar-refractivity contribution < 1.29 is 0 Å². The average molecular weight is 542 g/mol. The van der Waals surface area contributed by atoms with Crippen molar-refractivity contribution in [2.45, 2.75) is 19.9 Å². The number of rotatable bonds is 3. The summed E-state index contributed by atoms with van der Waals surface area (Å²) in [5.74, 6) is 0.852. The van der Waals surface area contributed by atoms with Crippen LogP contribution in [0.5, 0.6) is 0 Å². The molecule has 0 radical (unpaired) electrons. The molecule has 5 aromatic carbocycles. The summed E-state index contributed by atoms with van der Waals surface area (Å²) < 4.78 is 2.29. The Morgan fingerprint density at radius 1 is 0.619 bits per heavy atom. The minimum atomic E-state index is -0.146. The van der Waals surface area contributed by atoms with Crippen LogP contribution in [-0.4, -0.2) is 10.5 Å². The summed E-state index contributed by atoms with van der Waals surface area (Å²) >= 11 is 0. The quantitative estimate of drug-likeness (QED) is 0.237. The topological polar surface area (TPSA) is 29.3 Å². The van der Waals surface area contributed by atoms with E-state index >= 15 is 0 Å². The van der Waals surface area contributed by atoms with Crippen LogP contribution in [0.4, 0.5) is 0 Å². The van der Waals surface area contributed by atoms with Gasteiger partial charge in [0.05, 0.1) is 11.0 Å². The molecule has 1 aromatic heterocycles. The number of aromatic nitrogens is 1. The molecule has 1 unspecified atom stereocenters. The highest BCUT2D eigenvalue weighted by molar-refractivity contribution is 6.14. The number of para-hydroxylation sites is 2. The summed E-state index contributed by atoms with van der Waals surface area (Å²) in [6, 6.07) is 45.4. The minimum Gasteiger partial charge on any atom is -0.326 e. The Balaban J connectivity index is 1.38. The second-order valence-corrected chi connectivity index (χ2v) is 11.8. The lowest BCUT2D eigenvalue weighted by atomic mass is 9.79. The van der Waals surface area contributed by atoms with E-state index in [0.717, 1.165) is 22.7 Å². The minimum absolute atomic E-state index is 0.126. The van der Waals surface area contributed by atoms with Crippen LogP contribution < -0.4 is 5.32 Å². The third-order valence-corrected chi connectivity index (χ3v) is 8.70. The molecule has 8 rings (SSSR count). The SMILES string of the molecule is CC1(C)C=CC2=C1C(c1cc(-c3ccccc3)cc(-c3ccccc3)c1)N=C(n1c3ccccc3c3ccccc31)N2. The van der Waals surface area contributed by atoms with Crippen molar-refractivity contribution in [1.29, 1.82) is 0 Å². The van der Waals surface area contributed by atoms with Crippen molar-refractivity contribution in [3.8, 4) is 22.3 Å². The fourth-order valence-corrected chi connectivity index (χ4v) is 6.68. The van der Waals surface area contributed by atoms with Crippen LogP contribution in [0, 0.1) is 5.41 Å². The van der Waals surface area contributed by atoms with Gasteiger partial charge in [-0.15, -0.1) is 0 Å². The fourth-order valence-electron chi connectivity index (χ4n) is 6.68. The summed E-state index contributed by atoms with van der Waals surface area (Å²) in [4.78, 5) is 5.57. The Bertz CT molecular complexity index is 1960. The van der Waals surface area contributed by atoms with E-state index in [2.05, 4.69) is 163 Å². The molecule has 1 N–H and O–H groups in total. The van der Waals surface area contributed by atoms with Gasteiger partial charge in [-0.25, -0.2) is 4.99 Å². The first-order valence-electron chi connectivity index (χ1n) is 14.6. The maximum atomic E-state index is 5.57. The van der Waals surface area contributed by atoms with Crippen molar-refractivity contribution in [1.82, 2.24) is 9.88 Å². The van der Waals surface area contributed by atoms with E-state index in [4.69, 9.17) is 4.99 Å². The third kappa shape index (κ3) is 3.93. The van der Waals surface area contributed by atoms with Gasteiger partial charge in [-0.05, 0) is 69.8 Å². The summed E-state index contributed by atoms with van der Waals surface area (Å²) in [5.41, 5.74) is 10.6. The lowest BCUT2D eigenvalue weighted by Gasteiger charge is -2.33. The van der Waals surface area contributed by atoms with E-state index in [0.29, 0.717) is 0 Å². The third-order valence-electron chi connectivity index (χ3n) is 8.70. The van der Waals surface area contributed by atoms with E-state index in [9.17, 15) is 0 Å². The van der Waals surface area contributed by atoms with Gasteiger partial charge in [0, 0.05) is 21.9 Å². The van der Waals surface area contributed by atoms with Crippen molar-refractivity contribution in [3.05, 3.63) is 156 Å². The molecule has 2 aliphatic rings. The van der Waals surface area contributed by atoms with Gasteiger partial charge in [0.2, 0.25) is 5.96 Å². The first-order chi connectivity index (χ1) is 20.6. The zero-order valence-corrected chi connectivity index (χ0v) is 23.8. The maximum Gasteiger partial charge on any atom is 0.208 e. The van der Waals surface area contributed by atoms with E-state index in [1.807, 2.05) is 0 Å². The molecule has 3 heteroatoms. The highest BCUT2D eigenvalue weighted by atomic mass is 15.2. The summed E-state index contributed by atoms with van der Waals surface area (Å²) in [6.07, 6.45) is 4.55. The van der Waals surface area contributed by atoms with Crippen LogP contribution in [0.3, 0.4) is 0 Å². The number of allylic oxidation sites excluding steroid dienone is 2. The highest BCUT2D eigenvalue weighted by Crippen LogP contribution is 2.48. The van der Waals surface area contributed by atoms with Crippen LogP contribution in [0.25, 0.3) is 44.1 Å². The molecule has 2 heterocycles. The first-order valence-corrected chi connectivity index (χ1v) is 14.6. The molecular weight excluding hydrogens is 510 g/mol. The molecule has 3 nitrogen and oxygen atoms in total. The fraction of sp³-hybridized carbons (Fsp3) is 0.103.